The van der Waals surface area contributed by atoms with E-state index in [1.807, 2.05) is 13.0 Å². The van der Waals surface area contributed by atoms with Crippen LogP contribution in [0.2, 0.25) is 0 Å². The van der Waals surface area contributed by atoms with Gasteiger partial charge in [-0.05, 0) is 32.4 Å². The standard InChI is InChI=1S/C14H22NO4P/c1-4-11-20(17,15-12(3)14(16)18-5-2)19-13-9-7-6-8-10-13/h6-10,12H,4-5,11H2,1-3H3,(H,15,17)/t12-,20-/m1/s1. The summed E-state index contributed by atoms with van der Waals surface area (Å²) in [6.07, 6.45) is 1.04. The number of carbonyl (C=O) groups excluding carboxylic acids is 1. The number of carbonyl (C=O) groups is 1. The number of benzene rings is 1. The SMILES string of the molecule is CCC[P@](=O)(N[C@H](C)C(=O)OCC)Oc1ccccc1. The Morgan fingerprint density at radius 3 is 2.50 bits per heavy atom. The lowest BCUT2D eigenvalue weighted by Crippen LogP contribution is -2.35. The van der Waals surface area contributed by atoms with Crippen molar-refractivity contribution < 1.29 is 18.6 Å². The molecule has 1 aromatic rings. The van der Waals surface area contributed by atoms with Gasteiger partial charge in [0.2, 0.25) is 0 Å². The van der Waals surface area contributed by atoms with Gasteiger partial charge in [-0.3, -0.25) is 9.36 Å². The lowest BCUT2D eigenvalue weighted by molar-refractivity contribution is -0.144. The summed E-state index contributed by atoms with van der Waals surface area (Å²) >= 11 is 0. The summed E-state index contributed by atoms with van der Waals surface area (Å²) in [5.74, 6) is 0.0910. The summed E-state index contributed by atoms with van der Waals surface area (Å²) in [7, 11) is -3.13. The van der Waals surface area contributed by atoms with Crippen molar-refractivity contribution in [2.24, 2.45) is 0 Å². The average Bonchev–Trinajstić information content (AvgIpc) is 2.40. The zero-order valence-corrected chi connectivity index (χ0v) is 13.1. The molecule has 0 aromatic heterocycles. The molecule has 6 heteroatoms. The first-order chi connectivity index (χ1) is 9.50. The summed E-state index contributed by atoms with van der Waals surface area (Å²) in [6.45, 7) is 5.56. The summed E-state index contributed by atoms with van der Waals surface area (Å²) < 4.78 is 23.2. The van der Waals surface area contributed by atoms with Gasteiger partial charge >= 0.3 is 13.5 Å². The van der Waals surface area contributed by atoms with Gasteiger partial charge in [0, 0.05) is 6.16 Å². The van der Waals surface area contributed by atoms with E-state index in [4.69, 9.17) is 9.26 Å². The first kappa shape index (κ1) is 16.7. The second kappa shape index (κ2) is 8.08. The van der Waals surface area contributed by atoms with Gasteiger partial charge in [0.05, 0.1) is 6.61 Å². The van der Waals surface area contributed by atoms with Crippen molar-refractivity contribution in [1.29, 1.82) is 0 Å². The lowest BCUT2D eigenvalue weighted by atomic mass is 10.3. The van der Waals surface area contributed by atoms with Crippen molar-refractivity contribution >= 4 is 13.5 Å². The van der Waals surface area contributed by atoms with Crippen molar-refractivity contribution in [2.75, 3.05) is 12.8 Å². The largest absolute Gasteiger partial charge is 0.465 e. The van der Waals surface area contributed by atoms with E-state index < -0.39 is 19.5 Å². The van der Waals surface area contributed by atoms with E-state index in [0.29, 0.717) is 24.9 Å². The van der Waals surface area contributed by atoms with Crippen molar-refractivity contribution in [3.8, 4) is 5.75 Å². The van der Waals surface area contributed by atoms with Crippen LogP contribution in [0.3, 0.4) is 0 Å². The topological polar surface area (TPSA) is 64.6 Å². The Bertz CT molecular complexity index is 464. The fourth-order valence-electron chi connectivity index (χ4n) is 1.70. The molecule has 0 bridgehead atoms. The van der Waals surface area contributed by atoms with E-state index in [1.165, 1.54) is 0 Å². The Hall–Kier alpha value is -1.32. The molecule has 0 unspecified atom stereocenters. The average molecular weight is 299 g/mol. The molecule has 0 heterocycles. The highest BCUT2D eigenvalue weighted by atomic mass is 31.2. The maximum atomic E-state index is 12.8. The van der Waals surface area contributed by atoms with Crippen LogP contribution in [-0.2, 0) is 14.1 Å². The maximum Gasteiger partial charge on any atom is 0.323 e. The van der Waals surface area contributed by atoms with Gasteiger partial charge in [-0.25, -0.2) is 5.09 Å². The molecule has 0 aliphatic rings. The van der Waals surface area contributed by atoms with E-state index in [2.05, 4.69) is 5.09 Å². The van der Waals surface area contributed by atoms with Crippen molar-refractivity contribution in [2.45, 2.75) is 33.2 Å². The molecular formula is C14H22NO4P. The van der Waals surface area contributed by atoms with Gasteiger partial charge in [0.25, 0.3) is 0 Å². The van der Waals surface area contributed by atoms with Gasteiger partial charge in [0.15, 0.2) is 0 Å². The molecule has 0 fully saturated rings. The van der Waals surface area contributed by atoms with E-state index in [9.17, 15) is 9.36 Å². The Kier molecular flexibility index (Phi) is 6.76. The van der Waals surface area contributed by atoms with Gasteiger partial charge in [-0.1, -0.05) is 25.1 Å². The van der Waals surface area contributed by atoms with Crippen LogP contribution in [-0.4, -0.2) is 24.8 Å². The number of nitrogens with one attached hydrogen (secondary N) is 1. The normalized spacial score (nSPS) is 15.2. The molecule has 112 valence electrons. The predicted octanol–water partition coefficient (Wildman–Crippen LogP) is 3.21. The van der Waals surface area contributed by atoms with E-state index in [-0.39, 0.29) is 0 Å². The minimum atomic E-state index is -3.13. The molecule has 0 saturated heterocycles. The van der Waals surface area contributed by atoms with Crippen LogP contribution < -0.4 is 9.61 Å². The van der Waals surface area contributed by atoms with Crippen molar-refractivity contribution in [1.82, 2.24) is 5.09 Å². The van der Waals surface area contributed by atoms with Gasteiger partial charge < -0.3 is 9.26 Å². The smallest absolute Gasteiger partial charge is 0.323 e. The van der Waals surface area contributed by atoms with Gasteiger partial charge in [-0.15, -0.1) is 0 Å². The molecule has 5 nitrogen and oxygen atoms in total. The molecule has 1 aromatic carbocycles. The number of para-hydroxylation sites is 1. The third kappa shape index (κ3) is 5.35. The van der Waals surface area contributed by atoms with Crippen LogP contribution in [0.1, 0.15) is 27.2 Å². The molecule has 0 radical (unpaired) electrons. The number of ether oxygens (including phenoxy) is 1. The maximum absolute atomic E-state index is 12.8. The first-order valence-corrected chi connectivity index (χ1v) is 8.60. The van der Waals surface area contributed by atoms with Crippen molar-refractivity contribution in [3.63, 3.8) is 0 Å². The van der Waals surface area contributed by atoms with E-state index in [0.717, 1.165) is 0 Å². The third-order valence-corrected chi connectivity index (χ3v) is 4.87. The van der Waals surface area contributed by atoms with Crippen LogP contribution in [0.25, 0.3) is 0 Å². The second-order valence-corrected chi connectivity index (χ2v) is 6.64. The minimum absolute atomic E-state index is 0.294. The molecule has 1 rings (SSSR count). The van der Waals surface area contributed by atoms with Crippen LogP contribution in [0.15, 0.2) is 30.3 Å². The highest BCUT2D eigenvalue weighted by Crippen LogP contribution is 2.44. The Morgan fingerprint density at radius 2 is 1.95 bits per heavy atom. The number of hydrogen-bond donors (Lipinski definition) is 1. The van der Waals surface area contributed by atoms with Crippen LogP contribution >= 0.6 is 7.52 Å². The monoisotopic (exact) mass is 299 g/mol. The molecule has 20 heavy (non-hydrogen) atoms. The van der Waals surface area contributed by atoms with Crippen LogP contribution in [0.5, 0.6) is 5.75 Å². The van der Waals surface area contributed by atoms with E-state index in [1.54, 1.807) is 38.1 Å². The first-order valence-electron chi connectivity index (χ1n) is 6.79. The summed E-state index contributed by atoms with van der Waals surface area (Å²) in [5, 5.41) is 2.79. The molecule has 0 amide bonds. The lowest BCUT2D eigenvalue weighted by Gasteiger charge is -2.23. The van der Waals surface area contributed by atoms with Crippen LogP contribution in [0, 0.1) is 0 Å². The fraction of sp³-hybridized carbons (Fsp3) is 0.500. The van der Waals surface area contributed by atoms with Crippen LogP contribution in [0.4, 0.5) is 0 Å². The van der Waals surface area contributed by atoms with E-state index >= 15 is 0 Å². The summed E-state index contributed by atoms with van der Waals surface area (Å²) in [4.78, 5) is 11.6. The molecular weight excluding hydrogens is 277 g/mol. The molecule has 2 atom stereocenters. The molecule has 0 aliphatic heterocycles. The number of hydrogen-bond acceptors (Lipinski definition) is 4. The highest BCUT2D eigenvalue weighted by molar-refractivity contribution is 7.57. The zero-order valence-electron chi connectivity index (χ0n) is 12.2. The Labute approximate surface area is 120 Å². The summed E-state index contributed by atoms with van der Waals surface area (Å²) in [6, 6.07) is 8.27. The van der Waals surface area contributed by atoms with Gasteiger partial charge in [0.1, 0.15) is 11.8 Å². The quantitative estimate of drug-likeness (QED) is 0.590. The number of esters is 1. The summed E-state index contributed by atoms with van der Waals surface area (Å²) in [5.41, 5.74) is 0. The predicted molar refractivity (Wildman–Crippen MR) is 79.1 cm³/mol. The van der Waals surface area contributed by atoms with Crippen molar-refractivity contribution in [3.05, 3.63) is 30.3 Å². The zero-order chi connectivity index (χ0) is 15.0. The van der Waals surface area contributed by atoms with Gasteiger partial charge in [-0.2, -0.15) is 0 Å². The fourth-order valence-corrected chi connectivity index (χ4v) is 3.72. The third-order valence-electron chi connectivity index (χ3n) is 2.54. The molecule has 0 aliphatic carbocycles. The number of rotatable bonds is 8. The minimum Gasteiger partial charge on any atom is -0.465 e. The Morgan fingerprint density at radius 1 is 1.30 bits per heavy atom. The molecule has 0 spiro atoms. The molecule has 0 saturated carbocycles. The molecule has 1 N–H and O–H groups in total. The highest BCUT2D eigenvalue weighted by Gasteiger charge is 2.29. The Balaban J connectivity index is 2.76. The second-order valence-electron chi connectivity index (χ2n) is 4.40.